The third-order valence-corrected chi connectivity index (χ3v) is 4.05. The van der Waals surface area contributed by atoms with Crippen LogP contribution in [0.2, 0.25) is 0 Å². The van der Waals surface area contributed by atoms with E-state index in [1.54, 1.807) is 19.4 Å². The van der Waals surface area contributed by atoms with Crippen molar-refractivity contribution < 1.29 is 9.53 Å². The van der Waals surface area contributed by atoms with Crippen molar-refractivity contribution in [3.05, 3.63) is 24.0 Å². The van der Waals surface area contributed by atoms with Crippen LogP contribution < -0.4 is 10.6 Å². The van der Waals surface area contributed by atoms with Crippen LogP contribution in [0.3, 0.4) is 0 Å². The molecule has 0 bridgehead atoms. The fraction of sp³-hybridized carbons (Fsp3) is 0.571. The first kappa shape index (κ1) is 13.8. The maximum absolute atomic E-state index is 12.2. The number of carbonyl (C=O) groups excluding carboxylic acids is 1. The van der Waals surface area contributed by atoms with Crippen LogP contribution in [-0.4, -0.2) is 37.2 Å². The molecule has 1 aromatic heterocycles. The first-order valence-corrected chi connectivity index (χ1v) is 6.46. The molecule has 1 amide bonds. The number of methoxy groups -OCH3 is 1. The molecule has 2 N–H and O–H groups in total. The summed E-state index contributed by atoms with van der Waals surface area (Å²) in [6.07, 6.45) is 2.68. The Morgan fingerprint density at radius 2 is 2.26 bits per heavy atom. The highest BCUT2D eigenvalue weighted by Gasteiger charge is 2.49. The lowest BCUT2D eigenvalue weighted by atomic mass is 9.64. The van der Waals surface area contributed by atoms with Gasteiger partial charge in [0, 0.05) is 37.5 Å². The predicted molar refractivity (Wildman–Crippen MR) is 74.2 cm³/mol. The summed E-state index contributed by atoms with van der Waals surface area (Å²) in [6, 6.07) is 3.70. The maximum atomic E-state index is 12.2. The predicted octanol–water partition coefficient (Wildman–Crippen LogP) is 1.67. The Bertz CT molecular complexity index is 474. The fourth-order valence-electron chi connectivity index (χ4n) is 2.47. The molecule has 0 spiro atoms. The van der Waals surface area contributed by atoms with Gasteiger partial charge in [-0.1, -0.05) is 13.8 Å². The second-order valence-electron chi connectivity index (χ2n) is 5.49. The topological polar surface area (TPSA) is 63.2 Å². The first-order valence-electron chi connectivity index (χ1n) is 6.46. The molecule has 1 aromatic rings. The second-order valence-corrected chi connectivity index (χ2v) is 5.49. The molecule has 1 saturated carbocycles. The minimum Gasteiger partial charge on any atom is -0.388 e. The first-order chi connectivity index (χ1) is 8.98. The highest BCUT2D eigenvalue weighted by atomic mass is 16.5. The summed E-state index contributed by atoms with van der Waals surface area (Å²) < 4.78 is 5.38. The molecular weight excluding hydrogens is 242 g/mol. The van der Waals surface area contributed by atoms with E-state index in [9.17, 15) is 4.79 Å². The van der Waals surface area contributed by atoms with E-state index in [1.165, 1.54) is 0 Å². The molecule has 5 heteroatoms. The highest BCUT2D eigenvalue weighted by Crippen LogP contribution is 2.42. The van der Waals surface area contributed by atoms with Gasteiger partial charge in [-0.3, -0.25) is 9.78 Å². The zero-order valence-electron chi connectivity index (χ0n) is 11.9. The Labute approximate surface area is 113 Å². The average molecular weight is 263 g/mol. The summed E-state index contributed by atoms with van der Waals surface area (Å²) in [7, 11) is 3.53. The molecule has 0 aliphatic heterocycles. The van der Waals surface area contributed by atoms with Crippen molar-refractivity contribution in [1.29, 1.82) is 0 Å². The molecule has 0 radical (unpaired) electrons. The number of carbonyl (C=O) groups is 1. The standard InChI is InChI=1S/C14H21N3O2/c1-14(2)11(8-12(14)19-4)17-13(18)10-7-9(15-3)5-6-16-10/h5-7,11-12H,8H2,1-4H3,(H,15,16)(H,17,18). The molecule has 2 rings (SSSR count). The van der Waals surface area contributed by atoms with E-state index < -0.39 is 0 Å². The number of pyridine rings is 1. The number of nitrogens with one attached hydrogen (secondary N) is 2. The molecule has 0 saturated heterocycles. The van der Waals surface area contributed by atoms with Crippen molar-refractivity contribution in [3.63, 3.8) is 0 Å². The van der Waals surface area contributed by atoms with E-state index in [2.05, 4.69) is 29.5 Å². The fourth-order valence-corrected chi connectivity index (χ4v) is 2.47. The lowest BCUT2D eigenvalue weighted by molar-refractivity contribution is -0.0942. The van der Waals surface area contributed by atoms with E-state index in [4.69, 9.17) is 4.74 Å². The number of anilines is 1. The van der Waals surface area contributed by atoms with Gasteiger partial charge in [0.15, 0.2) is 0 Å². The summed E-state index contributed by atoms with van der Waals surface area (Å²) >= 11 is 0. The quantitative estimate of drug-likeness (QED) is 0.867. The number of aromatic nitrogens is 1. The summed E-state index contributed by atoms with van der Waals surface area (Å²) in [5.74, 6) is -0.135. The zero-order chi connectivity index (χ0) is 14.0. The van der Waals surface area contributed by atoms with Gasteiger partial charge in [0.05, 0.1) is 6.10 Å². The van der Waals surface area contributed by atoms with Gasteiger partial charge in [0.2, 0.25) is 0 Å². The number of nitrogens with zero attached hydrogens (tertiary/aromatic N) is 1. The molecule has 1 heterocycles. The Kier molecular flexibility index (Phi) is 3.75. The van der Waals surface area contributed by atoms with Crippen LogP contribution in [-0.2, 0) is 4.74 Å². The van der Waals surface area contributed by atoms with Gasteiger partial charge >= 0.3 is 0 Å². The lowest BCUT2D eigenvalue weighted by Gasteiger charge is -2.51. The lowest BCUT2D eigenvalue weighted by Crippen LogP contribution is -2.61. The highest BCUT2D eigenvalue weighted by molar-refractivity contribution is 5.93. The van der Waals surface area contributed by atoms with Crippen molar-refractivity contribution in [2.75, 3.05) is 19.5 Å². The van der Waals surface area contributed by atoms with E-state index >= 15 is 0 Å². The van der Waals surface area contributed by atoms with Crippen molar-refractivity contribution in [3.8, 4) is 0 Å². The van der Waals surface area contributed by atoms with Gasteiger partial charge < -0.3 is 15.4 Å². The number of ether oxygens (including phenoxy) is 1. The largest absolute Gasteiger partial charge is 0.388 e. The van der Waals surface area contributed by atoms with Crippen molar-refractivity contribution in [2.24, 2.45) is 5.41 Å². The molecular formula is C14H21N3O2. The summed E-state index contributed by atoms with van der Waals surface area (Å²) in [4.78, 5) is 16.3. The Balaban J connectivity index is 2.02. The molecule has 2 unspecified atom stereocenters. The third kappa shape index (κ3) is 2.56. The Morgan fingerprint density at radius 3 is 2.84 bits per heavy atom. The molecule has 1 aliphatic rings. The number of amides is 1. The Hall–Kier alpha value is -1.62. The molecule has 1 aliphatic carbocycles. The van der Waals surface area contributed by atoms with Gasteiger partial charge in [-0.25, -0.2) is 0 Å². The maximum Gasteiger partial charge on any atom is 0.270 e. The van der Waals surface area contributed by atoms with Crippen molar-refractivity contribution in [1.82, 2.24) is 10.3 Å². The zero-order valence-corrected chi connectivity index (χ0v) is 11.9. The van der Waals surface area contributed by atoms with Crippen LogP contribution in [0.5, 0.6) is 0 Å². The molecule has 19 heavy (non-hydrogen) atoms. The van der Waals surface area contributed by atoms with Crippen molar-refractivity contribution in [2.45, 2.75) is 32.4 Å². The van der Waals surface area contributed by atoms with Crippen LogP contribution in [0.1, 0.15) is 30.8 Å². The molecule has 5 nitrogen and oxygen atoms in total. The molecule has 2 atom stereocenters. The normalized spacial score (nSPS) is 24.4. The third-order valence-electron chi connectivity index (χ3n) is 4.05. The van der Waals surface area contributed by atoms with Gasteiger partial charge in [-0.05, 0) is 18.6 Å². The minimum atomic E-state index is -0.135. The van der Waals surface area contributed by atoms with Gasteiger partial charge in [-0.2, -0.15) is 0 Å². The van der Waals surface area contributed by atoms with Gasteiger partial charge in [0.25, 0.3) is 5.91 Å². The van der Waals surface area contributed by atoms with E-state index in [0.717, 1.165) is 12.1 Å². The van der Waals surface area contributed by atoms with Crippen LogP contribution >= 0.6 is 0 Å². The van der Waals surface area contributed by atoms with Crippen LogP contribution in [0.4, 0.5) is 5.69 Å². The van der Waals surface area contributed by atoms with E-state index in [-0.39, 0.29) is 23.5 Å². The van der Waals surface area contributed by atoms with Gasteiger partial charge in [-0.15, -0.1) is 0 Å². The van der Waals surface area contributed by atoms with E-state index in [0.29, 0.717) is 5.69 Å². The van der Waals surface area contributed by atoms with Gasteiger partial charge in [0.1, 0.15) is 5.69 Å². The van der Waals surface area contributed by atoms with Crippen molar-refractivity contribution >= 4 is 11.6 Å². The molecule has 104 valence electrons. The smallest absolute Gasteiger partial charge is 0.270 e. The number of hydrogen-bond donors (Lipinski definition) is 2. The molecule has 0 aromatic carbocycles. The summed E-state index contributed by atoms with van der Waals surface area (Å²) in [6.45, 7) is 4.21. The minimum absolute atomic E-state index is 0.0367. The second kappa shape index (κ2) is 5.17. The number of rotatable bonds is 4. The molecule has 1 fully saturated rings. The monoisotopic (exact) mass is 263 g/mol. The van der Waals surface area contributed by atoms with Crippen LogP contribution in [0.25, 0.3) is 0 Å². The SMILES string of the molecule is CNc1ccnc(C(=O)NC2CC(OC)C2(C)C)c1. The van der Waals surface area contributed by atoms with Crippen LogP contribution in [0, 0.1) is 5.41 Å². The van der Waals surface area contributed by atoms with Crippen LogP contribution in [0.15, 0.2) is 18.3 Å². The Morgan fingerprint density at radius 1 is 1.53 bits per heavy atom. The summed E-state index contributed by atoms with van der Waals surface area (Å²) in [5.41, 5.74) is 1.27. The average Bonchev–Trinajstić information content (AvgIpc) is 2.42. The van der Waals surface area contributed by atoms with E-state index in [1.807, 2.05) is 13.1 Å². The summed E-state index contributed by atoms with van der Waals surface area (Å²) in [5, 5.41) is 6.03. The number of hydrogen-bond acceptors (Lipinski definition) is 4.